The second-order valence-electron chi connectivity index (χ2n) is 4.27. The summed E-state index contributed by atoms with van der Waals surface area (Å²) in [5.41, 5.74) is 0.885. The summed E-state index contributed by atoms with van der Waals surface area (Å²) in [6, 6.07) is 10.2. The van der Waals surface area contributed by atoms with Crippen molar-refractivity contribution in [1.29, 1.82) is 0 Å². The van der Waals surface area contributed by atoms with E-state index in [-0.39, 0.29) is 12.1 Å². The van der Waals surface area contributed by atoms with Crippen molar-refractivity contribution < 1.29 is 14.4 Å². The number of aliphatic hydroxyl groups excluding tert-OH is 1. The van der Waals surface area contributed by atoms with Crippen LogP contribution in [0, 0.1) is 15.9 Å². The van der Waals surface area contributed by atoms with Crippen molar-refractivity contribution in [2.45, 2.75) is 12.5 Å². The van der Waals surface area contributed by atoms with Crippen LogP contribution in [0.25, 0.3) is 0 Å². The van der Waals surface area contributed by atoms with Crippen LogP contribution in [0.3, 0.4) is 0 Å². The molecular formula is C14H11BrFNO3. The van der Waals surface area contributed by atoms with Crippen LogP contribution in [0.1, 0.15) is 17.2 Å². The molecule has 1 unspecified atom stereocenters. The van der Waals surface area contributed by atoms with E-state index in [1.165, 1.54) is 24.3 Å². The highest BCUT2D eigenvalue weighted by Crippen LogP contribution is 2.29. The summed E-state index contributed by atoms with van der Waals surface area (Å²) < 4.78 is 13.4. The Kier molecular flexibility index (Phi) is 4.46. The van der Waals surface area contributed by atoms with Gasteiger partial charge in [-0.15, -0.1) is 0 Å². The van der Waals surface area contributed by atoms with Crippen LogP contribution in [0.5, 0.6) is 0 Å². The maximum Gasteiger partial charge on any atom is 0.272 e. The molecule has 4 nitrogen and oxygen atoms in total. The van der Waals surface area contributed by atoms with E-state index in [4.69, 9.17) is 0 Å². The first-order valence-corrected chi connectivity index (χ1v) is 6.63. The van der Waals surface area contributed by atoms with Crippen molar-refractivity contribution in [2.24, 2.45) is 0 Å². The lowest BCUT2D eigenvalue weighted by atomic mass is 10.0. The predicted octanol–water partition coefficient (Wildman–Crippen LogP) is 3.77. The molecule has 0 aliphatic heterocycles. The zero-order valence-corrected chi connectivity index (χ0v) is 11.9. The summed E-state index contributed by atoms with van der Waals surface area (Å²) >= 11 is 3.17. The summed E-state index contributed by atoms with van der Waals surface area (Å²) in [5.74, 6) is -0.418. The van der Waals surface area contributed by atoms with Crippen molar-refractivity contribution in [3.63, 3.8) is 0 Å². The highest BCUT2D eigenvalue weighted by atomic mass is 79.9. The molecule has 20 heavy (non-hydrogen) atoms. The quantitative estimate of drug-likeness (QED) is 0.681. The molecule has 0 saturated carbocycles. The van der Waals surface area contributed by atoms with Gasteiger partial charge in [0.2, 0.25) is 0 Å². The molecule has 0 saturated heterocycles. The average molecular weight is 340 g/mol. The van der Waals surface area contributed by atoms with Crippen molar-refractivity contribution in [2.75, 3.05) is 0 Å². The minimum atomic E-state index is -0.953. The molecular weight excluding hydrogens is 329 g/mol. The first kappa shape index (κ1) is 14.6. The third-order valence-electron chi connectivity index (χ3n) is 2.92. The molecule has 2 aromatic carbocycles. The van der Waals surface area contributed by atoms with E-state index in [0.29, 0.717) is 15.6 Å². The Morgan fingerprint density at radius 3 is 2.65 bits per heavy atom. The van der Waals surface area contributed by atoms with Gasteiger partial charge in [-0.2, -0.15) is 0 Å². The fourth-order valence-electron chi connectivity index (χ4n) is 1.95. The molecule has 2 aromatic rings. The van der Waals surface area contributed by atoms with Crippen LogP contribution in [0.4, 0.5) is 10.1 Å². The fourth-order valence-corrected chi connectivity index (χ4v) is 2.57. The molecule has 0 spiro atoms. The third-order valence-corrected chi connectivity index (χ3v) is 3.61. The van der Waals surface area contributed by atoms with E-state index in [0.717, 1.165) is 0 Å². The van der Waals surface area contributed by atoms with Gasteiger partial charge in [0.05, 0.1) is 11.0 Å². The van der Waals surface area contributed by atoms with E-state index >= 15 is 0 Å². The maximum absolute atomic E-state index is 13.0. The van der Waals surface area contributed by atoms with Crippen LogP contribution in [0.2, 0.25) is 0 Å². The normalized spacial score (nSPS) is 12.2. The Hall–Kier alpha value is -1.79. The van der Waals surface area contributed by atoms with Gasteiger partial charge in [0.25, 0.3) is 5.69 Å². The maximum atomic E-state index is 13.0. The van der Waals surface area contributed by atoms with Crippen LogP contribution in [-0.2, 0) is 6.42 Å². The van der Waals surface area contributed by atoms with E-state index in [1.54, 1.807) is 18.2 Å². The fraction of sp³-hybridized carbons (Fsp3) is 0.143. The van der Waals surface area contributed by atoms with E-state index in [2.05, 4.69) is 15.9 Å². The Morgan fingerprint density at radius 1 is 1.30 bits per heavy atom. The largest absolute Gasteiger partial charge is 0.388 e. The van der Waals surface area contributed by atoms with Gasteiger partial charge >= 0.3 is 0 Å². The number of hydrogen-bond acceptors (Lipinski definition) is 3. The summed E-state index contributed by atoms with van der Waals surface area (Å²) in [6.45, 7) is 0. The molecule has 104 valence electrons. The molecule has 0 amide bonds. The Morgan fingerprint density at radius 2 is 2.00 bits per heavy atom. The zero-order valence-electron chi connectivity index (χ0n) is 10.3. The van der Waals surface area contributed by atoms with Gasteiger partial charge in [-0.05, 0) is 17.7 Å². The molecule has 0 heterocycles. The van der Waals surface area contributed by atoms with Crippen molar-refractivity contribution in [3.8, 4) is 0 Å². The number of halogens is 2. The Bertz CT molecular complexity index is 648. The number of nitro groups is 1. The standard InChI is InChI=1S/C14H11BrFNO3/c15-12-8-10(16)5-6-11(12)14(18)7-9-3-1-2-4-13(9)17(19)20/h1-6,8,14,18H,7H2. The zero-order chi connectivity index (χ0) is 14.7. The van der Waals surface area contributed by atoms with E-state index < -0.39 is 16.8 Å². The average Bonchev–Trinajstić information content (AvgIpc) is 2.38. The van der Waals surface area contributed by atoms with Crippen LogP contribution < -0.4 is 0 Å². The monoisotopic (exact) mass is 339 g/mol. The molecule has 1 N–H and O–H groups in total. The third kappa shape index (κ3) is 3.20. The van der Waals surface area contributed by atoms with Crippen molar-refractivity contribution >= 4 is 21.6 Å². The summed E-state index contributed by atoms with van der Waals surface area (Å²) in [5, 5.41) is 21.1. The molecule has 0 aliphatic carbocycles. The molecule has 0 fully saturated rings. The lowest BCUT2D eigenvalue weighted by molar-refractivity contribution is -0.385. The number of benzene rings is 2. The number of nitrogens with zero attached hydrogens (tertiary/aromatic N) is 1. The minimum absolute atomic E-state index is 0.0372. The molecule has 0 radical (unpaired) electrons. The van der Waals surface area contributed by atoms with Crippen molar-refractivity contribution in [1.82, 2.24) is 0 Å². The van der Waals surface area contributed by atoms with Crippen LogP contribution >= 0.6 is 15.9 Å². The lowest BCUT2D eigenvalue weighted by Crippen LogP contribution is -2.05. The van der Waals surface area contributed by atoms with Gasteiger partial charge < -0.3 is 5.11 Å². The second kappa shape index (κ2) is 6.11. The molecule has 6 heteroatoms. The molecule has 0 bridgehead atoms. The summed E-state index contributed by atoms with van der Waals surface area (Å²) in [4.78, 5) is 10.4. The summed E-state index contributed by atoms with van der Waals surface area (Å²) in [7, 11) is 0. The van der Waals surface area contributed by atoms with E-state index in [1.807, 2.05) is 0 Å². The first-order valence-electron chi connectivity index (χ1n) is 5.84. The van der Waals surface area contributed by atoms with Gasteiger partial charge in [-0.1, -0.05) is 40.2 Å². The minimum Gasteiger partial charge on any atom is -0.388 e. The highest BCUT2D eigenvalue weighted by Gasteiger charge is 2.18. The number of nitro benzene ring substituents is 1. The van der Waals surface area contributed by atoms with Gasteiger partial charge in [0.15, 0.2) is 0 Å². The van der Waals surface area contributed by atoms with E-state index in [9.17, 15) is 19.6 Å². The van der Waals surface area contributed by atoms with Gasteiger partial charge in [0, 0.05) is 22.5 Å². The van der Waals surface area contributed by atoms with Crippen LogP contribution in [0.15, 0.2) is 46.9 Å². The van der Waals surface area contributed by atoms with Gasteiger partial charge in [0.1, 0.15) is 5.82 Å². The van der Waals surface area contributed by atoms with Crippen molar-refractivity contribution in [3.05, 3.63) is 74.0 Å². The number of aliphatic hydroxyl groups is 1. The first-order chi connectivity index (χ1) is 9.49. The molecule has 2 rings (SSSR count). The second-order valence-corrected chi connectivity index (χ2v) is 5.13. The Balaban J connectivity index is 2.28. The van der Waals surface area contributed by atoms with Gasteiger partial charge in [-0.3, -0.25) is 10.1 Å². The predicted molar refractivity (Wildman–Crippen MR) is 75.9 cm³/mol. The molecule has 0 aliphatic rings. The number of rotatable bonds is 4. The number of para-hydroxylation sites is 1. The van der Waals surface area contributed by atoms with Gasteiger partial charge in [-0.25, -0.2) is 4.39 Å². The highest BCUT2D eigenvalue weighted by molar-refractivity contribution is 9.10. The topological polar surface area (TPSA) is 63.4 Å². The molecule has 0 aromatic heterocycles. The Labute approximate surface area is 123 Å². The lowest BCUT2D eigenvalue weighted by Gasteiger charge is -2.13. The number of hydrogen-bond donors (Lipinski definition) is 1. The molecule has 1 atom stereocenters. The SMILES string of the molecule is O=[N+]([O-])c1ccccc1CC(O)c1ccc(F)cc1Br. The van der Waals surface area contributed by atoms with Crippen LogP contribution in [-0.4, -0.2) is 10.0 Å². The summed E-state index contributed by atoms with van der Waals surface area (Å²) in [6.07, 6.45) is -0.868. The smallest absolute Gasteiger partial charge is 0.272 e.